The van der Waals surface area contributed by atoms with Gasteiger partial charge in [-0.2, -0.15) is 0 Å². The molecular weight excluding hydrogens is 452 g/mol. The zero-order valence-electron chi connectivity index (χ0n) is 17.4. The van der Waals surface area contributed by atoms with E-state index in [0.29, 0.717) is 12.0 Å². The van der Waals surface area contributed by atoms with E-state index in [-0.39, 0.29) is 23.5 Å². The molecule has 1 unspecified atom stereocenters. The molecule has 0 spiro atoms. The van der Waals surface area contributed by atoms with Gasteiger partial charge in [-0.3, -0.25) is 4.90 Å². The molecule has 2 aromatic rings. The number of amides is 1. The molecule has 0 bridgehead atoms. The van der Waals surface area contributed by atoms with Gasteiger partial charge >= 0.3 is 12.1 Å². The van der Waals surface area contributed by atoms with Crippen molar-refractivity contribution in [1.82, 2.24) is 0 Å². The van der Waals surface area contributed by atoms with E-state index in [1.807, 2.05) is 6.92 Å². The van der Waals surface area contributed by atoms with Gasteiger partial charge in [-0.25, -0.2) is 27.2 Å². The number of aromatic carboxylic acids is 1. The molecule has 11 heteroatoms. The molecule has 0 saturated heterocycles. The largest absolute Gasteiger partial charge is 0.478 e. The van der Waals surface area contributed by atoms with Gasteiger partial charge in [0.15, 0.2) is 23.3 Å². The van der Waals surface area contributed by atoms with E-state index < -0.39 is 58.3 Å². The highest BCUT2D eigenvalue weighted by Gasteiger charge is 2.34. The Morgan fingerprint density at radius 1 is 1.19 bits per heavy atom. The number of cyclic esters (lactones) is 1. The van der Waals surface area contributed by atoms with Gasteiger partial charge in [-0.1, -0.05) is 6.92 Å². The zero-order valence-corrected chi connectivity index (χ0v) is 18.2. The van der Waals surface area contributed by atoms with Crippen molar-refractivity contribution in [2.45, 2.75) is 39.0 Å². The first-order valence-electron chi connectivity index (χ1n) is 9.67. The van der Waals surface area contributed by atoms with E-state index in [1.54, 1.807) is 13.0 Å². The number of rotatable bonds is 7. The van der Waals surface area contributed by atoms with Crippen LogP contribution in [-0.2, 0) is 10.5 Å². The fourth-order valence-corrected chi connectivity index (χ4v) is 4.15. The number of ether oxygens (including phenoxy) is 1. The molecule has 3 rings (SSSR count). The lowest BCUT2D eigenvalue weighted by molar-refractivity contribution is 0.0696. The summed E-state index contributed by atoms with van der Waals surface area (Å²) in [5, 5.41) is 9.69. The summed E-state index contributed by atoms with van der Waals surface area (Å²) in [5.74, 6) is -7.65. The molecule has 0 aromatic heterocycles. The van der Waals surface area contributed by atoms with Gasteiger partial charge in [0, 0.05) is 34.7 Å². The number of halogens is 4. The lowest BCUT2D eigenvalue weighted by atomic mass is 9.99. The fourth-order valence-electron chi connectivity index (χ4n) is 3.39. The van der Waals surface area contributed by atoms with Gasteiger partial charge in [0.25, 0.3) is 0 Å². The molecule has 1 heterocycles. The number of hydrogen-bond acceptors (Lipinski definition) is 5. The average Bonchev–Trinajstić information content (AvgIpc) is 2.75. The highest BCUT2D eigenvalue weighted by atomic mass is 32.2. The Hall–Kier alpha value is -2.95. The molecule has 2 aromatic carbocycles. The van der Waals surface area contributed by atoms with Crippen LogP contribution in [0.15, 0.2) is 12.1 Å². The van der Waals surface area contributed by atoms with Crippen LogP contribution in [-0.4, -0.2) is 23.7 Å². The summed E-state index contributed by atoms with van der Waals surface area (Å²) >= 11 is 0.717. The second kappa shape index (κ2) is 9.27. The number of anilines is 2. The standard InChI is InChI=1S/C21H20F4N2O4S/c1-4-5-27-19-12(10(3)31-21(27)30)6-11(7-13(19)20(28)29)26-32-8-14-17(24)15(22)9(2)16(23)18(14)25/h6-7,10,26H,4-5,8H2,1-3H3,(H,28,29). The van der Waals surface area contributed by atoms with Crippen LogP contribution in [0.4, 0.5) is 33.7 Å². The van der Waals surface area contributed by atoms with Crippen molar-refractivity contribution in [1.29, 1.82) is 0 Å². The maximum Gasteiger partial charge on any atom is 0.414 e. The molecule has 32 heavy (non-hydrogen) atoms. The Kier molecular flexibility index (Phi) is 6.87. The predicted octanol–water partition coefficient (Wildman–Crippen LogP) is 5.94. The number of carboxylic acids is 1. The minimum Gasteiger partial charge on any atom is -0.478 e. The molecule has 6 nitrogen and oxygen atoms in total. The van der Waals surface area contributed by atoms with Crippen LogP contribution in [0.25, 0.3) is 0 Å². The van der Waals surface area contributed by atoms with Crippen molar-refractivity contribution in [2.24, 2.45) is 0 Å². The van der Waals surface area contributed by atoms with Gasteiger partial charge in [-0.15, -0.1) is 0 Å². The molecule has 0 saturated carbocycles. The Morgan fingerprint density at radius 2 is 1.81 bits per heavy atom. The van der Waals surface area contributed by atoms with Gasteiger partial charge in [-0.05, 0) is 44.3 Å². The topological polar surface area (TPSA) is 78.9 Å². The van der Waals surface area contributed by atoms with Gasteiger partial charge in [0.05, 0.1) is 11.3 Å². The number of carbonyl (C=O) groups excluding carboxylic acids is 1. The first kappa shape index (κ1) is 23.7. The molecule has 0 aliphatic carbocycles. The maximum absolute atomic E-state index is 14.1. The average molecular weight is 472 g/mol. The summed E-state index contributed by atoms with van der Waals surface area (Å²) in [6, 6.07) is 2.82. The first-order chi connectivity index (χ1) is 15.1. The summed E-state index contributed by atoms with van der Waals surface area (Å²) < 4.78 is 63.7. The summed E-state index contributed by atoms with van der Waals surface area (Å²) in [7, 11) is 0. The van der Waals surface area contributed by atoms with Gasteiger partial charge < -0.3 is 14.6 Å². The summed E-state index contributed by atoms with van der Waals surface area (Å²) in [6.45, 7) is 4.60. The van der Waals surface area contributed by atoms with Crippen molar-refractivity contribution in [2.75, 3.05) is 16.2 Å². The summed E-state index contributed by atoms with van der Waals surface area (Å²) in [5.41, 5.74) is -0.781. The van der Waals surface area contributed by atoms with Gasteiger partial charge in [0.1, 0.15) is 6.10 Å². The van der Waals surface area contributed by atoms with Crippen LogP contribution < -0.4 is 9.62 Å². The van der Waals surface area contributed by atoms with Crippen LogP contribution in [0, 0.1) is 30.2 Å². The third kappa shape index (κ3) is 4.21. The smallest absolute Gasteiger partial charge is 0.414 e. The monoisotopic (exact) mass is 472 g/mol. The van der Waals surface area contributed by atoms with Crippen LogP contribution >= 0.6 is 11.9 Å². The lowest BCUT2D eigenvalue weighted by Gasteiger charge is -2.33. The minimum absolute atomic E-state index is 0.160. The number of nitrogens with one attached hydrogen (secondary N) is 1. The van der Waals surface area contributed by atoms with Crippen molar-refractivity contribution < 1.29 is 37.0 Å². The second-order valence-electron chi connectivity index (χ2n) is 7.19. The molecule has 1 atom stereocenters. The number of hydrogen-bond donors (Lipinski definition) is 2. The molecule has 172 valence electrons. The molecule has 1 aliphatic rings. The Bertz CT molecular complexity index is 1070. The number of carboxylic acid groups (broad SMARTS) is 1. The predicted molar refractivity (Wildman–Crippen MR) is 112 cm³/mol. The van der Waals surface area contributed by atoms with Crippen molar-refractivity contribution in [3.8, 4) is 0 Å². The molecule has 0 fully saturated rings. The molecule has 1 aliphatic heterocycles. The van der Waals surface area contributed by atoms with Crippen molar-refractivity contribution in [3.05, 3.63) is 57.7 Å². The quantitative estimate of drug-likeness (QED) is 0.295. The maximum atomic E-state index is 14.1. The van der Waals surface area contributed by atoms with E-state index >= 15 is 0 Å². The molecular formula is C21H20F4N2O4S. The first-order valence-corrected chi connectivity index (χ1v) is 10.7. The Labute approximate surface area is 185 Å². The number of fused-ring (bicyclic) bond motifs is 1. The van der Waals surface area contributed by atoms with Crippen LogP contribution in [0.2, 0.25) is 0 Å². The highest BCUT2D eigenvalue weighted by Crippen LogP contribution is 2.40. The van der Waals surface area contributed by atoms with Crippen molar-refractivity contribution >= 4 is 35.4 Å². The minimum atomic E-state index is -1.48. The zero-order chi connectivity index (χ0) is 23.7. The molecule has 2 N–H and O–H groups in total. The fraction of sp³-hybridized carbons (Fsp3) is 0.333. The van der Waals surface area contributed by atoms with Crippen molar-refractivity contribution in [3.63, 3.8) is 0 Å². The number of carbonyl (C=O) groups is 2. The van der Waals surface area contributed by atoms with E-state index in [1.165, 1.54) is 11.0 Å². The second-order valence-corrected chi connectivity index (χ2v) is 7.98. The van der Waals surface area contributed by atoms with E-state index in [2.05, 4.69) is 4.72 Å². The number of nitrogens with zero attached hydrogens (tertiary/aromatic N) is 1. The number of benzene rings is 2. The Morgan fingerprint density at radius 3 is 2.38 bits per heavy atom. The highest BCUT2D eigenvalue weighted by molar-refractivity contribution is 7.99. The third-order valence-corrected chi connectivity index (χ3v) is 5.82. The normalized spacial score (nSPS) is 15.4. The Balaban J connectivity index is 1.91. The van der Waals surface area contributed by atoms with E-state index in [4.69, 9.17) is 4.74 Å². The SMILES string of the molecule is CCCN1C(=O)OC(C)c2cc(NSCc3c(F)c(F)c(C)c(F)c3F)cc(C(=O)O)c21. The van der Waals surface area contributed by atoms with E-state index in [0.717, 1.165) is 18.9 Å². The third-order valence-electron chi connectivity index (χ3n) is 5.00. The van der Waals surface area contributed by atoms with Crippen LogP contribution in [0.1, 0.15) is 53.4 Å². The lowest BCUT2D eigenvalue weighted by Crippen LogP contribution is -2.38. The molecule has 0 radical (unpaired) electrons. The summed E-state index contributed by atoms with van der Waals surface area (Å²) in [6.07, 6.45) is -0.817. The van der Waals surface area contributed by atoms with E-state index in [9.17, 15) is 32.3 Å². The van der Waals surface area contributed by atoms with Crippen LogP contribution in [0.3, 0.4) is 0 Å². The molecule has 1 amide bonds. The summed E-state index contributed by atoms with van der Waals surface area (Å²) in [4.78, 5) is 25.4. The van der Waals surface area contributed by atoms with Gasteiger partial charge in [0.2, 0.25) is 0 Å². The van der Waals surface area contributed by atoms with Crippen LogP contribution in [0.5, 0.6) is 0 Å².